The van der Waals surface area contributed by atoms with Gasteiger partial charge < -0.3 is 19.5 Å². The van der Waals surface area contributed by atoms with Crippen molar-refractivity contribution in [3.63, 3.8) is 0 Å². The van der Waals surface area contributed by atoms with Gasteiger partial charge in [0.1, 0.15) is 0 Å². The van der Waals surface area contributed by atoms with Gasteiger partial charge in [-0.2, -0.15) is 4.98 Å². The molecule has 0 aliphatic carbocycles. The van der Waals surface area contributed by atoms with Crippen molar-refractivity contribution in [3.8, 4) is 23.0 Å². The fourth-order valence-electron chi connectivity index (χ4n) is 3.11. The summed E-state index contributed by atoms with van der Waals surface area (Å²) >= 11 is 0. The third kappa shape index (κ3) is 1.68. The van der Waals surface area contributed by atoms with Crippen LogP contribution in [0.3, 0.4) is 0 Å². The van der Waals surface area contributed by atoms with Gasteiger partial charge in [0.15, 0.2) is 17.3 Å². The number of fused-ring (bicyclic) bond motifs is 2. The lowest BCUT2D eigenvalue weighted by molar-refractivity contribution is 0.0996. The van der Waals surface area contributed by atoms with Crippen LogP contribution >= 0.6 is 0 Å². The van der Waals surface area contributed by atoms with Crippen molar-refractivity contribution in [1.29, 1.82) is 0 Å². The molecule has 4 rings (SSSR count). The molecule has 0 saturated carbocycles. The average molecular weight is 274 g/mol. The number of ether oxygens (including phenoxy) is 1. The predicted molar refractivity (Wildman–Crippen MR) is 68.3 cm³/mol. The molecule has 2 saturated heterocycles. The molecule has 2 aliphatic rings. The van der Waals surface area contributed by atoms with Gasteiger partial charge in [0, 0.05) is 0 Å². The maximum absolute atomic E-state index is 9.83. The largest absolute Gasteiger partial charge is 0.504 e. The summed E-state index contributed by atoms with van der Waals surface area (Å²) in [4.78, 5) is 4.35. The van der Waals surface area contributed by atoms with E-state index in [0.717, 1.165) is 19.3 Å². The van der Waals surface area contributed by atoms with E-state index in [4.69, 9.17) is 9.26 Å². The smallest absolute Gasteiger partial charge is 0.261 e. The second-order valence-corrected chi connectivity index (χ2v) is 5.35. The zero-order valence-corrected chi connectivity index (χ0v) is 10.7. The molecule has 3 atom stereocenters. The van der Waals surface area contributed by atoms with Crippen molar-refractivity contribution in [3.05, 3.63) is 24.0 Å². The number of aromatic nitrogens is 2. The third-order valence-electron chi connectivity index (χ3n) is 4.12. The van der Waals surface area contributed by atoms with Crippen LogP contribution in [0.2, 0.25) is 0 Å². The van der Waals surface area contributed by atoms with Crippen molar-refractivity contribution < 1.29 is 19.5 Å². The van der Waals surface area contributed by atoms with E-state index in [1.807, 2.05) is 0 Å². The van der Waals surface area contributed by atoms with Gasteiger partial charge in [0.25, 0.3) is 5.89 Å². The predicted octanol–water partition coefficient (Wildman–Crippen LogP) is 2.18. The Morgan fingerprint density at radius 2 is 2.10 bits per heavy atom. The average Bonchev–Trinajstić information content (AvgIpc) is 3.16. The van der Waals surface area contributed by atoms with E-state index >= 15 is 0 Å². The molecule has 1 aromatic heterocycles. The van der Waals surface area contributed by atoms with Crippen LogP contribution < -0.4 is 0 Å². The molecule has 3 unspecified atom stereocenters. The van der Waals surface area contributed by atoms with Crippen molar-refractivity contribution in [1.82, 2.24) is 10.1 Å². The van der Waals surface area contributed by atoms with Crippen LogP contribution in [0.1, 0.15) is 31.0 Å². The molecule has 0 radical (unpaired) electrons. The lowest BCUT2D eigenvalue weighted by atomic mass is 9.89. The highest BCUT2D eigenvalue weighted by atomic mass is 16.5. The zero-order chi connectivity index (χ0) is 13.7. The number of phenolic OH excluding ortho intramolecular Hbond substituents is 2. The SMILES string of the molecule is Oc1cccc(-c2nc(C3CC4CCC3O4)no2)c1O. The van der Waals surface area contributed by atoms with E-state index in [9.17, 15) is 10.2 Å². The summed E-state index contributed by atoms with van der Waals surface area (Å²) in [6, 6.07) is 4.65. The summed E-state index contributed by atoms with van der Waals surface area (Å²) in [5.74, 6) is 0.564. The van der Waals surface area contributed by atoms with Crippen molar-refractivity contribution >= 4 is 0 Å². The van der Waals surface area contributed by atoms with Crippen LogP contribution in [0, 0.1) is 0 Å². The number of aromatic hydroxyl groups is 2. The van der Waals surface area contributed by atoms with Gasteiger partial charge in [-0.25, -0.2) is 0 Å². The van der Waals surface area contributed by atoms with Crippen molar-refractivity contribution in [2.45, 2.75) is 37.4 Å². The molecule has 6 nitrogen and oxygen atoms in total. The maximum Gasteiger partial charge on any atom is 0.261 e. The molecule has 2 aromatic rings. The Labute approximate surface area is 115 Å². The molecule has 2 N–H and O–H groups in total. The van der Waals surface area contributed by atoms with Gasteiger partial charge in [0.2, 0.25) is 0 Å². The third-order valence-corrected chi connectivity index (χ3v) is 4.12. The van der Waals surface area contributed by atoms with Crippen LogP contribution in [0.15, 0.2) is 22.7 Å². The van der Waals surface area contributed by atoms with Gasteiger partial charge >= 0.3 is 0 Å². The second kappa shape index (κ2) is 4.21. The summed E-state index contributed by atoms with van der Waals surface area (Å²) in [6.45, 7) is 0. The monoisotopic (exact) mass is 274 g/mol. The van der Waals surface area contributed by atoms with E-state index in [1.165, 1.54) is 6.07 Å². The summed E-state index contributed by atoms with van der Waals surface area (Å²) in [7, 11) is 0. The first-order valence-corrected chi connectivity index (χ1v) is 6.73. The number of phenols is 2. The molecule has 0 spiro atoms. The van der Waals surface area contributed by atoms with Crippen LogP contribution in [0.4, 0.5) is 0 Å². The fraction of sp³-hybridized carbons (Fsp3) is 0.429. The van der Waals surface area contributed by atoms with E-state index in [-0.39, 0.29) is 29.4 Å². The first-order valence-electron chi connectivity index (χ1n) is 6.73. The van der Waals surface area contributed by atoms with E-state index in [0.29, 0.717) is 17.5 Å². The van der Waals surface area contributed by atoms with Crippen LogP contribution in [-0.4, -0.2) is 32.6 Å². The number of hydrogen-bond acceptors (Lipinski definition) is 6. The van der Waals surface area contributed by atoms with Gasteiger partial charge in [0.05, 0.1) is 23.7 Å². The minimum absolute atomic E-state index is 0.172. The van der Waals surface area contributed by atoms with Gasteiger partial charge in [-0.1, -0.05) is 11.2 Å². The maximum atomic E-state index is 9.83. The van der Waals surface area contributed by atoms with E-state index in [1.54, 1.807) is 12.1 Å². The molecule has 1 aromatic carbocycles. The molecule has 104 valence electrons. The first kappa shape index (κ1) is 11.7. The summed E-state index contributed by atoms with van der Waals surface area (Å²) in [5.41, 5.74) is 0.341. The fourth-order valence-corrected chi connectivity index (χ4v) is 3.11. The lowest BCUT2D eigenvalue weighted by Crippen LogP contribution is -2.15. The Bertz CT molecular complexity index is 654. The normalized spacial score (nSPS) is 28.1. The molecular formula is C14H14N2O4. The Kier molecular flexibility index (Phi) is 2.47. The number of hydrogen-bond donors (Lipinski definition) is 2. The summed E-state index contributed by atoms with van der Waals surface area (Å²) < 4.78 is 11.0. The molecule has 20 heavy (non-hydrogen) atoms. The molecule has 2 fully saturated rings. The Morgan fingerprint density at radius 1 is 1.20 bits per heavy atom. The Balaban J connectivity index is 1.67. The van der Waals surface area contributed by atoms with E-state index < -0.39 is 0 Å². The van der Waals surface area contributed by atoms with Crippen molar-refractivity contribution in [2.75, 3.05) is 0 Å². The molecule has 0 amide bonds. The highest BCUT2D eigenvalue weighted by Crippen LogP contribution is 2.44. The zero-order valence-electron chi connectivity index (χ0n) is 10.7. The second-order valence-electron chi connectivity index (χ2n) is 5.35. The standard InChI is InChI=1S/C14H14N2O4/c17-10-3-1-2-8(12(10)18)14-15-13(16-20-14)9-6-7-4-5-11(9)19-7/h1-3,7,9,11,17-18H,4-6H2. The summed E-state index contributed by atoms with van der Waals surface area (Å²) in [5, 5.41) is 23.3. The van der Waals surface area contributed by atoms with Crippen LogP contribution in [0.5, 0.6) is 11.5 Å². The molecule has 2 bridgehead atoms. The number of benzene rings is 1. The quantitative estimate of drug-likeness (QED) is 0.816. The lowest BCUT2D eigenvalue weighted by Gasteiger charge is -2.13. The molecule has 6 heteroatoms. The Hall–Kier alpha value is -2.08. The summed E-state index contributed by atoms with van der Waals surface area (Å²) in [6.07, 6.45) is 3.58. The van der Waals surface area contributed by atoms with Gasteiger partial charge in [-0.15, -0.1) is 0 Å². The molecular weight excluding hydrogens is 260 g/mol. The minimum atomic E-state index is -0.244. The minimum Gasteiger partial charge on any atom is -0.504 e. The van der Waals surface area contributed by atoms with Crippen LogP contribution in [0.25, 0.3) is 11.5 Å². The highest BCUT2D eigenvalue weighted by Gasteiger charge is 2.43. The van der Waals surface area contributed by atoms with Crippen molar-refractivity contribution in [2.24, 2.45) is 0 Å². The Morgan fingerprint density at radius 3 is 2.85 bits per heavy atom. The molecule has 2 aliphatic heterocycles. The number of rotatable bonds is 2. The van der Waals surface area contributed by atoms with Gasteiger partial charge in [-0.05, 0) is 31.4 Å². The van der Waals surface area contributed by atoms with Crippen LogP contribution in [-0.2, 0) is 4.74 Å². The first-order chi connectivity index (χ1) is 9.72. The van der Waals surface area contributed by atoms with Gasteiger partial charge in [-0.3, -0.25) is 0 Å². The van der Waals surface area contributed by atoms with E-state index in [2.05, 4.69) is 10.1 Å². The molecule has 3 heterocycles. The number of nitrogens with zero attached hydrogens (tertiary/aromatic N) is 2. The highest BCUT2D eigenvalue weighted by molar-refractivity contribution is 5.66. The number of para-hydroxylation sites is 1. The topological polar surface area (TPSA) is 88.6 Å².